The maximum atomic E-state index is 12.4. The molecule has 4 nitrogen and oxygen atoms in total. The van der Waals surface area contributed by atoms with Crippen molar-refractivity contribution < 1.29 is 9.59 Å². The predicted octanol–water partition coefficient (Wildman–Crippen LogP) is 3.84. The summed E-state index contributed by atoms with van der Waals surface area (Å²) in [7, 11) is 0. The monoisotopic (exact) mass is 316 g/mol. The van der Waals surface area contributed by atoms with Crippen LogP contribution in [0, 0.1) is 5.92 Å². The molecule has 0 atom stereocenters. The molecule has 0 amide bonds. The Morgan fingerprint density at radius 1 is 0.917 bits per heavy atom. The summed E-state index contributed by atoms with van der Waals surface area (Å²) in [5.41, 5.74) is 2.40. The number of nitrogens with zero attached hydrogens (tertiary/aromatic N) is 2. The van der Waals surface area contributed by atoms with Gasteiger partial charge in [0.25, 0.3) is 0 Å². The fourth-order valence-electron chi connectivity index (χ4n) is 2.66. The third kappa shape index (κ3) is 3.13. The highest BCUT2D eigenvalue weighted by atomic mass is 16.2. The molecule has 2 aromatic carbocycles. The van der Waals surface area contributed by atoms with E-state index in [4.69, 9.17) is 0 Å². The van der Waals surface area contributed by atoms with Gasteiger partial charge in [-0.2, -0.15) is 10.2 Å². The Morgan fingerprint density at radius 3 is 2.12 bits per heavy atom. The van der Waals surface area contributed by atoms with Crippen LogP contribution in [0.4, 0.5) is 0 Å². The highest BCUT2D eigenvalue weighted by Crippen LogP contribution is 2.27. The topological polar surface area (TPSA) is 58.9 Å². The molecule has 118 valence electrons. The third-order valence-electron chi connectivity index (χ3n) is 3.86. The lowest BCUT2D eigenvalue weighted by atomic mass is 9.99. The van der Waals surface area contributed by atoms with Crippen molar-refractivity contribution in [2.45, 2.75) is 6.92 Å². The van der Waals surface area contributed by atoms with Crippen LogP contribution < -0.4 is 0 Å². The molecule has 0 unspecified atom stereocenters. The zero-order valence-electron chi connectivity index (χ0n) is 13.2. The Balaban J connectivity index is 1.71. The second kappa shape index (κ2) is 6.96. The Hall–Kier alpha value is -3.14. The number of benzene rings is 2. The molecule has 0 fully saturated rings. The van der Waals surface area contributed by atoms with Crippen molar-refractivity contribution in [3.05, 3.63) is 77.4 Å². The van der Waals surface area contributed by atoms with E-state index in [1.165, 1.54) is 6.21 Å². The number of ketones is 2. The van der Waals surface area contributed by atoms with E-state index in [2.05, 4.69) is 10.2 Å². The van der Waals surface area contributed by atoms with Crippen LogP contribution in [0.15, 0.2) is 70.9 Å². The number of allylic oxidation sites excluding steroid dienone is 1. The molecule has 0 saturated carbocycles. The summed E-state index contributed by atoms with van der Waals surface area (Å²) in [6, 6.07) is 16.7. The van der Waals surface area contributed by atoms with E-state index < -0.39 is 5.92 Å². The van der Waals surface area contributed by atoms with Gasteiger partial charge in [0.2, 0.25) is 0 Å². The second-order valence-electron chi connectivity index (χ2n) is 5.48. The van der Waals surface area contributed by atoms with E-state index in [1.807, 2.05) is 36.4 Å². The first-order valence-corrected chi connectivity index (χ1v) is 7.65. The van der Waals surface area contributed by atoms with Crippen molar-refractivity contribution in [1.29, 1.82) is 0 Å². The number of hydrogen-bond acceptors (Lipinski definition) is 4. The molecule has 4 heteroatoms. The van der Waals surface area contributed by atoms with Crippen LogP contribution in [-0.2, 0) is 0 Å². The van der Waals surface area contributed by atoms with Crippen LogP contribution in [0.5, 0.6) is 0 Å². The van der Waals surface area contributed by atoms with Gasteiger partial charge < -0.3 is 0 Å². The minimum absolute atomic E-state index is 0.202. The van der Waals surface area contributed by atoms with Gasteiger partial charge in [0.1, 0.15) is 5.92 Å². The van der Waals surface area contributed by atoms with Gasteiger partial charge >= 0.3 is 0 Å². The lowest BCUT2D eigenvalue weighted by Crippen LogP contribution is -2.23. The van der Waals surface area contributed by atoms with Gasteiger partial charge in [-0.25, -0.2) is 0 Å². The first kappa shape index (κ1) is 15.7. The zero-order valence-corrected chi connectivity index (χ0v) is 13.2. The van der Waals surface area contributed by atoms with E-state index in [9.17, 15) is 9.59 Å². The lowest BCUT2D eigenvalue weighted by Gasteiger charge is -2.03. The highest BCUT2D eigenvalue weighted by Gasteiger charge is 2.40. The molecular formula is C20H16N2O2. The zero-order chi connectivity index (χ0) is 16.9. The van der Waals surface area contributed by atoms with Crippen LogP contribution in [0.25, 0.3) is 6.08 Å². The van der Waals surface area contributed by atoms with Gasteiger partial charge in [0.05, 0.1) is 5.71 Å². The number of Topliss-reactive ketones (excluding diaryl/α,β-unsaturated/α-hetero) is 2. The Bertz CT molecular complexity index is 829. The van der Waals surface area contributed by atoms with E-state index in [1.54, 1.807) is 37.3 Å². The largest absolute Gasteiger partial charge is 0.293 e. The summed E-state index contributed by atoms with van der Waals surface area (Å²) >= 11 is 0. The Labute approximate surface area is 140 Å². The average molecular weight is 316 g/mol. The van der Waals surface area contributed by atoms with Gasteiger partial charge in [-0.1, -0.05) is 60.7 Å². The minimum Gasteiger partial charge on any atom is -0.293 e. The third-order valence-corrected chi connectivity index (χ3v) is 3.86. The Kier molecular flexibility index (Phi) is 4.57. The van der Waals surface area contributed by atoms with Crippen LogP contribution >= 0.6 is 0 Å². The molecule has 0 heterocycles. The van der Waals surface area contributed by atoms with Gasteiger partial charge in [-0.05, 0) is 18.6 Å². The first-order chi connectivity index (χ1) is 11.7. The number of carbonyl (C=O) groups excluding carboxylic acids is 2. The Morgan fingerprint density at radius 2 is 1.50 bits per heavy atom. The molecule has 0 aromatic heterocycles. The van der Waals surface area contributed by atoms with Gasteiger partial charge in [0, 0.05) is 17.3 Å². The summed E-state index contributed by atoms with van der Waals surface area (Å²) < 4.78 is 0. The number of hydrogen-bond donors (Lipinski definition) is 0. The van der Waals surface area contributed by atoms with Crippen molar-refractivity contribution in [2.75, 3.05) is 0 Å². The molecular weight excluding hydrogens is 300 g/mol. The standard InChI is InChI=1S/C20H16N2O2/c1-14(22-21-13-7-10-15-8-3-2-4-9-15)18-19(23)16-11-5-6-12-17(16)20(18)24/h2-13,18H,1H3/b10-7+,21-13+,22-14+. The molecule has 0 saturated heterocycles. The van der Waals surface area contributed by atoms with Crippen LogP contribution in [0.3, 0.4) is 0 Å². The van der Waals surface area contributed by atoms with Crippen molar-refractivity contribution in [1.82, 2.24) is 0 Å². The average Bonchev–Trinajstić information content (AvgIpc) is 2.87. The fraction of sp³-hybridized carbons (Fsp3) is 0.100. The highest BCUT2D eigenvalue weighted by molar-refractivity contribution is 6.36. The van der Waals surface area contributed by atoms with Crippen molar-refractivity contribution in [3.8, 4) is 0 Å². The van der Waals surface area contributed by atoms with Gasteiger partial charge in [-0.15, -0.1) is 0 Å². The van der Waals surface area contributed by atoms with E-state index >= 15 is 0 Å². The van der Waals surface area contributed by atoms with Crippen molar-refractivity contribution in [3.63, 3.8) is 0 Å². The summed E-state index contributed by atoms with van der Waals surface area (Å²) in [4.78, 5) is 24.7. The number of carbonyl (C=O) groups is 2. The molecule has 0 radical (unpaired) electrons. The molecule has 0 aliphatic heterocycles. The number of rotatable bonds is 4. The number of fused-ring (bicyclic) bond motifs is 1. The van der Waals surface area contributed by atoms with Crippen LogP contribution in [-0.4, -0.2) is 23.5 Å². The van der Waals surface area contributed by atoms with Crippen molar-refractivity contribution >= 4 is 29.6 Å². The SMILES string of the molecule is C\C(=N/N=C/C=C/c1ccccc1)C1C(=O)c2ccccc2C1=O. The smallest absolute Gasteiger partial charge is 0.180 e. The molecule has 24 heavy (non-hydrogen) atoms. The molecule has 1 aliphatic carbocycles. The van der Waals surface area contributed by atoms with Crippen LogP contribution in [0.2, 0.25) is 0 Å². The summed E-state index contributed by atoms with van der Waals surface area (Å²) in [5, 5.41) is 7.95. The summed E-state index contributed by atoms with van der Waals surface area (Å²) in [6.45, 7) is 1.66. The lowest BCUT2D eigenvalue weighted by molar-refractivity contribution is 0.0883. The first-order valence-electron chi connectivity index (χ1n) is 7.65. The van der Waals surface area contributed by atoms with Gasteiger partial charge in [-0.3, -0.25) is 9.59 Å². The van der Waals surface area contributed by atoms with E-state index in [0.717, 1.165) is 5.56 Å². The van der Waals surface area contributed by atoms with E-state index in [0.29, 0.717) is 16.8 Å². The molecule has 0 spiro atoms. The summed E-state index contributed by atoms with van der Waals surface area (Å²) in [5.74, 6) is -1.25. The van der Waals surface area contributed by atoms with Gasteiger partial charge in [0.15, 0.2) is 11.6 Å². The molecule has 0 N–H and O–H groups in total. The normalized spacial score (nSPS) is 15.6. The molecule has 0 bridgehead atoms. The quantitative estimate of drug-likeness (QED) is 0.489. The van der Waals surface area contributed by atoms with Crippen molar-refractivity contribution in [2.24, 2.45) is 16.1 Å². The molecule has 3 rings (SSSR count). The fourth-order valence-corrected chi connectivity index (χ4v) is 2.66. The summed E-state index contributed by atoms with van der Waals surface area (Å²) in [6.07, 6.45) is 5.20. The maximum absolute atomic E-state index is 12.4. The molecule has 2 aromatic rings. The second-order valence-corrected chi connectivity index (χ2v) is 5.48. The minimum atomic E-state index is -0.849. The van der Waals surface area contributed by atoms with Crippen LogP contribution in [0.1, 0.15) is 33.2 Å². The predicted molar refractivity (Wildman–Crippen MR) is 95.7 cm³/mol. The molecule has 1 aliphatic rings. The van der Waals surface area contributed by atoms with E-state index in [-0.39, 0.29) is 11.6 Å². The maximum Gasteiger partial charge on any atom is 0.180 e.